The number of aromatic nitrogens is 4. The first-order chi connectivity index (χ1) is 18.3. The molecule has 0 saturated carbocycles. The van der Waals surface area contributed by atoms with E-state index in [9.17, 15) is 13.2 Å². The molecule has 6 rings (SSSR count). The SMILES string of the molecule is COc1ccccc1N1CCN(c2nc3c(-c4cccc(C(F)(F)F)c4)nnn3c3ccc(Cl)cc23)CC1. The number of rotatable bonds is 4. The lowest BCUT2D eigenvalue weighted by Crippen LogP contribution is -2.47. The van der Waals surface area contributed by atoms with Crippen LogP contribution in [0.2, 0.25) is 5.02 Å². The minimum absolute atomic E-state index is 0.279. The average molecular weight is 539 g/mol. The lowest BCUT2D eigenvalue weighted by molar-refractivity contribution is -0.137. The van der Waals surface area contributed by atoms with Crippen molar-refractivity contribution in [1.29, 1.82) is 0 Å². The normalized spacial score (nSPS) is 14.4. The summed E-state index contributed by atoms with van der Waals surface area (Å²) in [6, 6.07) is 18.4. The molecule has 38 heavy (non-hydrogen) atoms. The monoisotopic (exact) mass is 538 g/mol. The fourth-order valence-corrected chi connectivity index (χ4v) is 5.07. The van der Waals surface area contributed by atoms with Crippen LogP contribution in [0.15, 0.2) is 66.7 Å². The zero-order valence-electron chi connectivity index (χ0n) is 20.3. The predicted molar refractivity (Wildman–Crippen MR) is 141 cm³/mol. The maximum absolute atomic E-state index is 13.4. The van der Waals surface area contributed by atoms with Gasteiger partial charge in [-0.05, 0) is 42.5 Å². The molecule has 0 bridgehead atoms. The molecule has 194 valence electrons. The Morgan fingerprint density at radius 1 is 0.895 bits per heavy atom. The van der Waals surface area contributed by atoms with Crippen LogP contribution in [0.5, 0.6) is 5.75 Å². The average Bonchev–Trinajstić information content (AvgIpc) is 3.36. The fourth-order valence-electron chi connectivity index (χ4n) is 4.89. The molecule has 0 unspecified atom stereocenters. The van der Waals surface area contributed by atoms with Gasteiger partial charge >= 0.3 is 6.18 Å². The van der Waals surface area contributed by atoms with Crippen molar-refractivity contribution in [3.05, 3.63) is 77.3 Å². The Morgan fingerprint density at radius 2 is 1.66 bits per heavy atom. The molecule has 5 aromatic rings. The Morgan fingerprint density at radius 3 is 2.42 bits per heavy atom. The highest BCUT2D eigenvalue weighted by Gasteiger charge is 2.31. The second kappa shape index (κ2) is 9.36. The third-order valence-electron chi connectivity index (χ3n) is 6.75. The van der Waals surface area contributed by atoms with Gasteiger partial charge in [0, 0.05) is 42.2 Å². The van der Waals surface area contributed by atoms with Crippen molar-refractivity contribution in [3.8, 4) is 17.0 Å². The largest absolute Gasteiger partial charge is 0.495 e. The lowest BCUT2D eigenvalue weighted by atomic mass is 10.1. The van der Waals surface area contributed by atoms with Crippen LogP contribution in [0.4, 0.5) is 24.7 Å². The molecule has 0 amide bonds. The van der Waals surface area contributed by atoms with Gasteiger partial charge in [-0.2, -0.15) is 17.7 Å². The first-order valence-electron chi connectivity index (χ1n) is 12.0. The Hall–Kier alpha value is -4.05. The van der Waals surface area contributed by atoms with Crippen molar-refractivity contribution in [3.63, 3.8) is 0 Å². The number of ether oxygens (including phenoxy) is 1. The summed E-state index contributed by atoms with van der Waals surface area (Å²) >= 11 is 6.36. The van der Waals surface area contributed by atoms with Gasteiger partial charge in [-0.15, -0.1) is 5.10 Å². The van der Waals surface area contributed by atoms with E-state index >= 15 is 0 Å². The number of alkyl halides is 3. The summed E-state index contributed by atoms with van der Waals surface area (Å²) in [4.78, 5) is 9.33. The summed E-state index contributed by atoms with van der Waals surface area (Å²) in [5, 5.41) is 9.80. The van der Waals surface area contributed by atoms with E-state index < -0.39 is 11.7 Å². The van der Waals surface area contributed by atoms with Crippen LogP contribution >= 0.6 is 11.6 Å². The molecule has 3 heterocycles. The van der Waals surface area contributed by atoms with Crippen molar-refractivity contribution < 1.29 is 17.9 Å². The molecule has 1 aliphatic rings. The molecule has 0 atom stereocenters. The maximum Gasteiger partial charge on any atom is 0.416 e. The Labute approximate surface area is 221 Å². The second-order valence-electron chi connectivity index (χ2n) is 8.99. The molecular formula is C27H22ClF3N6O. The van der Waals surface area contributed by atoms with Gasteiger partial charge in [-0.3, -0.25) is 0 Å². The maximum atomic E-state index is 13.4. The van der Waals surface area contributed by atoms with Crippen LogP contribution < -0.4 is 14.5 Å². The van der Waals surface area contributed by atoms with Crippen molar-refractivity contribution >= 4 is 39.7 Å². The highest BCUT2D eigenvalue weighted by molar-refractivity contribution is 6.31. The summed E-state index contributed by atoms with van der Waals surface area (Å²) in [5.41, 5.74) is 1.94. The van der Waals surface area contributed by atoms with Crippen molar-refractivity contribution in [2.75, 3.05) is 43.1 Å². The molecule has 0 radical (unpaired) electrons. The smallest absolute Gasteiger partial charge is 0.416 e. The van der Waals surface area contributed by atoms with E-state index in [1.165, 1.54) is 6.07 Å². The summed E-state index contributed by atoms with van der Waals surface area (Å²) in [6.45, 7) is 2.80. The van der Waals surface area contributed by atoms with E-state index in [2.05, 4.69) is 20.1 Å². The Kier molecular flexibility index (Phi) is 5.98. The van der Waals surface area contributed by atoms with Crippen LogP contribution in [-0.2, 0) is 6.18 Å². The molecular weight excluding hydrogens is 517 g/mol. The molecule has 0 aliphatic carbocycles. The Balaban J connectivity index is 1.42. The van der Waals surface area contributed by atoms with Gasteiger partial charge in [0.2, 0.25) is 0 Å². The van der Waals surface area contributed by atoms with Gasteiger partial charge in [0.1, 0.15) is 17.3 Å². The van der Waals surface area contributed by atoms with Gasteiger partial charge in [0.25, 0.3) is 0 Å². The fraction of sp³-hybridized carbons (Fsp3) is 0.222. The number of fused-ring (bicyclic) bond motifs is 3. The number of halogens is 4. The quantitative estimate of drug-likeness (QED) is 0.282. The minimum Gasteiger partial charge on any atom is -0.495 e. The van der Waals surface area contributed by atoms with E-state index in [0.717, 1.165) is 42.0 Å². The lowest BCUT2D eigenvalue weighted by Gasteiger charge is -2.37. The van der Waals surface area contributed by atoms with Crippen molar-refractivity contribution in [1.82, 2.24) is 19.8 Å². The van der Waals surface area contributed by atoms with Crippen LogP contribution in [-0.4, -0.2) is 53.1 Å². The van der Waals surface area contributed by atoms with E-state index in [-0.39, 0.29) is 5.69 Å². The number of para-hydroxylation sites is 2. The third kappa shape index (κ3) is 4.24. The van der Waals surface area contributed by atoms with Crippen LogP contribution in [0.25, 0.3) is 27.8 Å². The first-order valence-corrected chi connectivity index (χ1v) is 12.4. The number of benzene rings is 3. The standard InChI is InChI=1S/C27H22ClF3N6O/c1-38-23-8-3-2-7-22(23)35-11-13-36(14-12-35)25-20-16-19(28)9-10-21(20)37-26(32-25)24(33-34-37)17-5-4-6-18(15-17)27(29,30)31/h2-10,15-16H,11-14H2,1H3. The number of piperazine rings is 1. The number of hydrogen-bond acceptors (Lipinski definition) is 6. The molecule has 1 fully saturated rings. The first kappa shape index (κ1) is 24.3. The number of nitrogens with zero attached hydrogens (tertiary/aromatic N) is 6. The number of methoxy groups -OCH3 is 1. The van der Waals surface area contributed by atoms with Gasteiger partial charge in [0.15, 0.2) is 5.65 Å². The highest BCUT2D eigenvalue weighted by atomic mass is 35.5. The molecule has 11 heteroatoms. The van der Waals surface area contributed by atoms with E-state index in [0.29, 0.717) is 40.7 Å². The minimum atomic E-state index is -4.47. The number of anilines is 2. The van der Waals surface area contributed by atoms with E-state index in [1.807, 2.05) is 36.4 Å². The second-order valence-corrected chi connectivity index (χ2v) is 9.43. The summed E-state index contributed by atoms with van der Waals surface area (Å²) in [7, 11) is 1.66. The van der Waals surface area contributed by atoms with Gasteiger partial charge < -0.3 is 14.5 Å². The topological polar surface area (TPSA) is 58.8 Å². The molecule has 2 aromatic heterocycles. The van der Waals surface area contributed by atoms with Crippen molar-refractivity contribution in [2.24, 2.45) is 0 Å². The van der Waals surface area contributed by atoms with E-state index in [4.69, 9.17) is 21.3 Å². The van der Waals surface area contributed by atoms with Crippen LogP contribution in [0, 0.1) is 0 Å². The van der Waals surface area contributed by atoms with Gasteiger partial charge in [-0.1, -0.05) is 41.1 Å². The predicted octanol–water partition coefficient (Wildman–Crippen LogP) is 5.95. The molecule has 1 aliphatic heterocycles. The van der Waals surface area contributed by atoms with Crippen molar-refractivity contribution in [2.45, 2.75) is 6.18 Å². The van der Waals surface area contributed by atoms with Crippen LogP contribution in [0.1, 0.15) is 5.56 Å². The summed E-state index contributed by atoms with van der Waals surface area (Å²) in [6.07, 6.45) is -4.47. The van der Waals surface area contributed by atoms with Crippen LogP contribution in [0.3, 0.4) is 0 Å². The molecule has 3 aromatic carbocycles. The van der Waals surface area contributed by atoms with Gasteiger partial charge in [-0.25, -0.2) is 4.98 Å². The molecule has 0 spiro atoms. The molecule has 7 nitrogen and oxygen atoms in total. The molecule has 0 N–H and O–H groups in total. The third-order valence-corrected chi connectivity index (χ3v) is 6.99. The summed E-state index contributed by atoms with van der Waals surface area (Å²) in [5.74, 6) is 1.50. The Bertz CT molecular complexity index is 1650. The molecule has 1 saturated heterocycles. The zero-order valence-corrected chi connectivity index (χ0v) is 21.0. The summed E-state index contributed by atoms with van der Waals surface area (Å²) < 4.78 is 47.3. The number of hydrogen-bond donors (Lipinski definition) is 0. The zero-order chi connectivity index (χ0) is 26.4. The highest BCUT2D eigenvalue weighted by Crippen LogP contribution is 2.36. The van der Waals surface area contributed by atoms with Gasteiger partial charge in [0.05, 0.1) is 23.9 Å². The van der Waals surface area contributed by atoms with E-state index in [1.54, 1.807) is 23.8 Å².